The second-order valence-corrected chi connectivity index (χ2v) is 9.28. The number of hydrogen-bond acceptors (Lipinski definition) is 7. The number of nitrogens with one attached hydrogen (secondary N) is 1. The molecule has 0 saturated carbocycles. The Hall–Kier alpha value is -3.34. The Bertz CT molecular complexity index is 1320. The summed E-state index contributed by atoms with van der Waals surface area (Å²) in [4.78, 5) is 16.8. The molecule has 0 spiro atoms. The van der Waals surface area contributed by atoms with E-state index in [1.54, 1.807) is 29.6 Å². The predicted molar refractivity (Wildman–Crippen MR) is 116 cm³/mol. The fourth-order valence-corrected chi connectivity index (χ4v) is 4.62. The van der Waals surface area contributed by atoms with E-state index in [2.05, 4.69) is 9.71 Å². The number of nitrogens with zero attached hydrogens (tertiary/aromatic N) is 1. The summed E-state index contributed by atoms with van der Waals surface area (Å²) >= 11 is 1.35. The number of ether oxygens (including phenoxy) is 1. The van der Waals surface area contributed by atoms with Crippen LogP contribution in [0, 0.1) is 5.82 Å². The lowest BCUT2D eigenvalue weighted by atomic mass is 10.2. The summed E-state index contributed by atoms with van der Waals surface area (Å²) in [6.45, 7) is -0.0888. The van der Waals surface area contributed by atoms with Crippen molar-refractivity contribution >= 4 is 27.3 Å². The molecule has 0 aliphatic rings. The van der Waals surface area contributed by atoms with Gasteiger partial charge in [0, 0.05) is 10.9 Å². The summed E-state index contributed by atoms with van der Waals surface area (Å²) in [5.74, 6) is -0.545. The molecule has 10 heteroatoms. The zero-order valence-electron chi connectivity index (χ0n) is 16.5. The Balaban J connectivity index is 1.39. The van der Waals surface area contributed by atoms with E-state index in [-0.39, 0.29) is 29.4 Å². The topological polar surface area (TPSA) is 98.5 Å². The summed E-state index contributed by atoms with van der Waals surface area (Å²) in [6.07, 6.45) is 1.45. The standard InChI is InChI=1S/C22H17FN2O5S2/c23-17-8-6-15(7-9-17)21-25-18(14-31-21)13-30-22(26)16-3-1-5-20(11-16)32(27,28)24-12-19-4-2-10-29-19/h1-11,14,24H,12-13H2. The molecule has 2 aromatic carbocycles. The lowest BCUT2D eigenvalue weighted by Crippen LogP contribution is -2.23. The normalized spacial score (nSPS) is 11.4. The lowest BCUT2D eigenvalue weighted by Gasteiger charge is -2.08. The quantitative estimate of drug-likeness (QED) is 0.382. The molecule has 1 N–H and O–H groups in total. The van der Waals surface area contributed by atoms with Gasteiger partial charge in [0.05, 0.1) is 29.0 Å². The SMILES string of the molecule is O=C(OCc1csc(-c2ccc(F)cc2)n1)c1cccc(S(=O)(=O)NCc2ccco2)c1. The Morgan fingerprint density at radius 1 is 1.12 bits per heavy atom. The zero-order chi connectivity index (χ0) is 22.6. The first kappa shape index (κ1) is 21.9. The minimum absolute atomic E-state index is 0.00970. The summed E-state index contributed by atoms with van der Waals surface area (Å²) in [7, 11) is -3.85. The molecule has 0 aliphatic carbocycles. The molecular formula is C22H17FN2O5S2. The molecule has 4 rings (SSSR count). The van der Waals surface area contributed by atoms with Crippen LogP contribution in [0.1, 0.15) is 21.8 Å². The van der Waals surface area contributed by atoms with Crippen LogP contribution in [0.2, 0.25) is 0 Å². The van der Waals surface area contributed by atoms with Gasteiger partial charge in [0.1, 0.15) is 23.2 Å². The van der Waals surface area contributed by atoms with Crippen LogP contribution in [0.4, 0.5) is 4.39 Å². The molecule has 0 amide bonds. The molecule has 2 heterocycles. The number of rotatable bonds is 8. The molecule has 0 aliphatic heterocycles. The smallest absolute Gasteiger partial charge is 0.338 e. The number of carbonyl (C=O) groups is 1. The Morgan fingerprint density at radius 2 is 1.94 bits per heavy atom. The maximum atomic E-state index is 13.1. The number of esters is 1. The summed E-state index contributed by atoms with van der Waals surface area (Å²) in [6, 6.07) is 14.8. The number of benzene rings is 2. The van der Waals surface area contributed by atoms with Crippen LogP contribution in [0.25, 0.3) is 10.6 Å². The van der Waals surface area contributed by atoms with Crippen molar-refractivity contribution in [3.8, 4) is 10.6 Å². The van der Waals surface area contributed by atoms with Gasteiger partial charge in [-0.1, -0.05) is 6.07 Å². The monoisotopic (exact) mass is 472 g/mol. The Morgan fingerprint density at radius 3 is 2.69 bits per heavy atom. The fourth-order valence-electron chi connectivity index (χ4n) is 2.77. The molecule has 0 radical (unpaired) electrons. The number of hydrogen-bond donors (Lipinski definition) is 1. The summed E-state index contributed by atoms with van der Waals surface area (Å²) in [5, 5.41) is 2.41. The maximum Gasteiger partial charge on any atom is 0.338 e. The third kappa shape index (κ3) is 5.28. The van der Waals surface area contributed by atoms with Crippen LogP contribution in [0.3, 0.4) is 0 Å². The van der Waals surface area contributed by atoms with Crippen molar-refractivity contribution in [2.24, 2.45) is 0 Å². The van der Waals surface area contributed by atoms with Crippen molar-refractivity contribution in [2.45, 2.75) is 18.0 Å². The molecule has 0 saturated heterocycles. The fraction of sp³-hybridized carbons (Fsp3) is 0.0909. The predicted octanol–water partition coefficient (Wildman–Crippen LogP) is 4.38. The van der Waals surface area contributed by atoms with Crippen molar-refractivity contribution in [3.63, 3.8) is 0 Å². The minimum atomic E-state index is -3.85. The molecule has 2 aromatic heterocycles. The van der Waals surface area contributed by atoms with Crippen LogP contribution >= 0.6 is 11.3 Å². The van der Waals surface area contributed by atoms with Gasteiger partial charge in [-0.05, 0) is 54.6 Å². The van der Waals surface area contributed by atoms with E-state index in [1.807, 2.05) is 0 Å². The molecule has 7 nitrogen and oxygen atoms in total. The van der Waals surface area contributed by atoms with Gasteiger partial charge in [0.15, 0.2) is 0 Å². The van der Waals surface area contributed by atoms with Crippen molar-refractivity contribution < 1.29 is 26.8 Å². The number of aromatic nitrogens is 1. The van der Waals surface area contributed by atoms with Gasteiger partial charge >= 0.3 is 5.97 Å². The van der Waals surface area contributed by atoms with Gasteiger partial charge in [-0.2, -0.15) is 0 Å². The van der Waals surface area contributed by atoms with E-state index >= 15 is 0 Å². The van der Waals surface area contributed by atoms with Gasteiger partial charge < -0.3 is 9.15 Å². The average molecular weight is 473 g/mol. The first-order chi connectivity index (χ1) is 15.4. The van der Waals surface area contributed by atoms with E-state index in [1.165, 1.54) is 54.0 Å². The molecule has 164 valence electrons. The molecule has 4 aromatic rings. The van der Waals surface area contributed by atoms with Crippen LogP contribution in [0.5, 0.6) is 0 Å². The lowest BCUT2D eigenvalue weighted by molar-refractivity contribution is 0.0468. The Kier molecular flexibility index (Phi) is 6.45. The highest BCUT2D eigenvalue weighted by atomic mass is 32.2. The van der Waals surface area contributed by atoms with Crippen molar-refractivity contribution in [1.82, 2.24) is 9.71 Å². The highest BCUT2D eigenvalue weighted by Gasteiger charge is 2.18. The molecule has 0 unspecified atom stereocenters. The molecule has 0 atom stereocenters. The van der Waals surface area contributed by atoms with E-state index in [0.717, 1.165) is 5.56 Å². The number of halogens is 1. The van der Waals surface area contributed by atoms with Crippen LogP contribution in [-0.2, 0) is 27.9 Å². The second-order valence-electron chi connectivity index (χ2n) is 6.66. The zero-order valence-corrected chi connectivity index (χ0v) is 18.2. The van der Waals surface area contributed by atoms with Gasteiger partial charge in [0.25, 0.3) is 0 Å². The van der Waals surface area contributed by atoms with Gasteiger partial charge in [0.2, 0.25) is 10.0 Å². The van der Waals surface area contributed by atoms with Crippen molar-refractivity contribution in [2.75, 3.05) is 0 Å². The van der Waals surface area contributed by atoms with E-state index < -0.39 is 16.0 Å². The summed E-state index contributed by atoms with van der Waals surface area (Å²) in [5.41, 5.74) is 1.39. The van der Waals surface area contributed by atoms with E-state index in [9.17, 15) is 17.6 Å². The second kappa shape index (κ2) is 9.43. The van der Waals surface area contributed by atoms with Crippen LogP contribution in [-0.4, -0.2) is 19.4 Å². The van der Waals surface area contributed by atoms with Crippen molar-refractivity contribution in [3.05, 3.63) is 95.1 Å². The molecule has 0 bridgehead atoms. The van der Waals surface area contributed by atoms with Gasteiger partial charge in [-0.15, -0.1) is 11.3 Å². The highest BCUT2D eigenvalue weighted by Crippen LogP contribution is 2.24. The number of carbonyl (C=O) groups excluding carboxylic acids is 1. The largest absolute Gasteiger partial charge is 0.468 e. The Labute approximate surface area is 187 Å². The third-order valence-corrected chi connectivity index (χ3v) is 6.73. The van der Waals surface area contributed by atoms with E-state index in [4.69, 9.17) is 9.15 Å². The third-order valence-electron chi connectivity index (χ3n) is 4.39. The average Bonchev–Trinajstić information content (AvgIpc) is 3.49. The number of thiazole rings is 1. The first-order valence-corrected chi connectivity index (χ1v) is 11.8. The van der Waals surface area contributed by atoms with Crippen LogP contribution in [0.15, 0.2) is 81.6 Å². The van der Waals surface area contributed by atoms with Crippen molar-refractivity contribution in [1.29, 1.82) is 0 Å². The molecular weight excluding hydrogens is 455 g/mol. The van der Waals surface area contributed by atoms with E-state index in [0.29, 0.717) is 16.5 Å². The minimum Gasteiger partial charge on any atom is -0.468 e. The molecule has 32 heavy (non-hydrogen) atoms. The maximum absolute atomic E-state index is 13.1. The number of furan rings is 1. The summed E-state index contributed by atoms with van der Waals surface area (Å²) < 4.78 is 50.9. The van der Waals surface area contributed by atoms with Gasteiger partial charge in [-0.25, -0.2) is 27.3 Å². The first-order valence-electron chi connectivity index (χ1n) is 9.40. The number of sulfonamides is 1. The van der Waals surface area contributed by atoms with Crippen LogP contribution < -0.4 is 4.72 Å². The molecule has 0 fully saturated rings. The van der Waals surface area contributed by atoms with Gasteiger partial charge in [-0.3, -0.25) is 0 Å². The highest BCUT2D eigenvalue weighted by molar-refractivity contribution is 7.89.